The number of benzene rings is 2. The van der Waals surface area contributed by atoms with Crippen LogP contribution in [0.4, 0.5) is 0 Å². The number of hydrogen-bond acceptors (Lipinski definition) is 5. The fourth-order valence-electron chi connectivity index (χ4n) is 6.43. The standard InChI is InChI=1S/C29H39N5O/c1-7-35-26-15-13-25(14-16-26)34-22(3)27-21(2)31(5)32(6)29(28(27)23(34)4,24-11-9-8-10-12-24)33-19-17-30-18-20-33/h8-16,21,30H,7,17-20H2,1-6H3. The molecule has 2 unspecified atom stereocenters. The van der Waals surface area contributed by atoms with E-state index in [4.69, 9.17) is 4.74 Å². The van der Waals surface area contributed by atoms with Gasteiger partial charge in [-0.2, -0.15) is 0 Å². The van der Waals surface area contributed by atoms with Crippen molar-refractivity contribution >= 4 is 0 Å². The van der Waals surface area contributed by atoms with Crippen LogP contribution in [-0.4, -0.2) is 66.4 Å². The van der Waals surface area contributed by atoms with Gasteiger partial charge in [-0.1, -0.05) is 30.3 Å². The molecule has 0 spiro atoms. The second-order valence-corrected chi connectivity index (χ2v) is 9.77. The van der Waals surface area contributed by atoms with Crippen molar-refractivity contribution in [3.05, 3.63) is 82.7 Å². The molecule has 5 rings (SSSR count). The first-order valence-corrected chi connectivity index (χ1v) is 12.9. The van der Waals surface area contributed by atoms with Gasteiger partial charge in [0.15, 0.2) is 0 Å². The van der Waals surface area contributed by atoms with Crippen molar-refractivity contribution in [1.29, 1.82) is 0 Å². The highest BCUT2D eigenvalue weighted by molar-refractivity contribution is 5.55. The van der Waals surface area contributed by atoms with Crippen LogP contribution in [0.2, 0.25) is 0 Å². The lowest BCUT2D eigenvalue weighted by Gasteiger charge is -2.58. The summed E-state index contributed by atoms with van der Waals surface area (Å²) in [5.41, 5.74) is 7.57. The summed E-state index contributed by atoms with van der Waals surface area (Å²) in [5.74, 6) is 0.913. The van der Waals surface area contributed by atoms with Crippen molar-refractivity contribution in [2.45, 2.75) is 39.4 Å². The van der Waals surface area contributed by atoms with Crippen LogP contribution in [0, 0.1) is 13.8 Å². The third-order valence-electron chi connectivity index (χ3n) is 8.12. The normalized spacial score (nSPS) is 23.9. The van der Waals surface area contributed by atoms with Crippen LogP contribution in [0.3, 0.4) is 0 Å². The Morgan fingerprint density at radius 2 is 1.60 bits per heavy atom. The second kappa shape index (κ2) is 9.43. The minimum absolute atomic E-state index is 0.261. The molecule has 6 heteroatoms. The Kier molecular flexibility index (Phi) is 6.49. The molecule has 0 amide bonds. The zero-order valence-corrected chi connectivity index (χ0v) is 22.0. The summed E-state index contributed by atoms with van der Waals surface area (Å²) in [4.78, 5) is 2.68. The zero-order valence-electron chi connectivity index (χ0n) is 22.0. The Hall–Kier alpha value is -2.64. The molecule has 0 bridgehead atoms. The lowest BCUT2D eigenvalue weighted by molar-refractivity contribution is -0.168. The lowest BCUT2D eigenvalue weighted by Crippen LogP contribution is -2.67. The van der Waals surface area contributed by atoms with Crippen LogP contribution in [0.1, 0.15) is 48.0 Å². The Bertz CT molecular complexity index is 1170. The van der Waals surface area contributed by atoms with Crippen LogP contribution in [0.15, 0.2) is 54.6 Å². The number of rotatable bonds is 5. The average Bonchev–Trinajstić information content (AvgIpc) is 3.15. The monoisotopic (exact) mass is 473 g/mol. The van der Waals surface area contributed by atoms with E-state index in [2.05, 4.69) is 114 Å². The number of piperazine rings is 1. The number of hydrogen-bond donors (Lipinski definition) is 1. The van der Waals surface area contributed by atoms with Gasteiger partial charge in [-0.15, -0.1) is 0 Å². The Balaban J connectivity index is 1.80. The molecule has 2 atom stereocenters. The van der Waals surface area contributed by atoms with Gasteiger partial charge >= 0.3 is 0 Å². The van der Waals surface area contributed by atoms with Gasteiger partial charge in [0.1, 0.15) is 11.4 Å². The van der Waals surface area contributed by atoms with E-state index < -0.39 is 0 Å². The molecule has 2 aromatic carbocycles. The van der Waals surface area contributed by atoms with Crippen molar-refractivity contribution < 1.29 is 4.74 Å². The number of aromatic nitrogens is 1. The summed E-state index contributed by atoms with van der Waals surface area (Å²) in [6, 6.07) is 19.9. The van der Waals surface area contributed by atoms with Crippen molar-refractivity contribution in [2.24, 2.45) is 0 Å². The molecule has 0 radical (unpaired) electrons. The van der Waals surface area contributed by atoms with Crippen molar-refractivity contribution in [3.63, 3.8) is 0 Å². The van der Waals surface area contributed by atoms with Crippen LogP contribution < -0.4 is 10.1 Å². The predicted molar refractivity (Wildman–Crippen MR) is 142 cm³/mol. The molecule has 35 heavy (non-hydrogen) atoms. The fourth-order valence-corrected chi connectivity index (χ4v) is 6.43. The van der Waals surface area contributed by atoms with Gasteiger partial charge in [0.2, 0.25) is 0 Å². The summed E-state index contributed by atoms with van der Waals surface area (Å²) < 4.78 is 8.17. The number of fused-ring (bicyclic) bond motifs is 1. The van der Waals surface area contributed by atoms with E-state index in [9.17, 15) is 0 Å². The van der Waals surface area contributed by atoms with Gasteiger partial charge in [-0.05, 0) is 63.1 Å². The summed E-state index contributed by atoms with van der Waals surface area (Å²) in [7, 11) is 4.49. The molecule has 3 aromatic rings. The van der Waals surface area contributed by atoms with Crippen molar-refractivity contribution in [3.8, 4) is 11.4 Å². The maximum absolute atomic E-state index is 5.72. The highest BCUT2D eigenvalue weighted by atomic mass is 16.5. The predicted octanol–water partition coefficient (Wildman–Crippen LogP) is 4.45. The lowest BCUT2D eigenvalue weighted by atomic mass is 9.81. The second-order valence-electron chi connectivity index (χ2n) is 9.77. The maximum atomic E-state index is 5.72. The smallest absolute Gasteiger partial charge is 0.141 e. The SMILES string of the molecule is CCOc1ccc(-n2c(C)c3c(c2C)C(c2ccccc2)(N2CCNCC2)N(C)N(C)C3C)cc1. The van der Waals surface area contributed by atoms with Gasteiger partial charge in [-0.25, -0.2) is 10.0 Å². The van der Waals surface area contributed by atoms with Gasteiger partial charge in [0.05, 0.1) is 6.61 Å². The highest BCUT2D eigenvalue weighted by Crippen LogP contribution is 2.51. The van der Waals surface area contributed by atoms with E-state index in [1.54, 1.807) is 0 Å². The largest absolute Gasteiger partial charge is 0.494 e. The molecule has 2 aliphatic rings. The first-order valence-electron chi connectivity index (χ1n) is 12.9. The van der Waals surface area contributed by atoms with Crippen LogP contribution in [-0.2, 0) is 5.66 Å². The molecule has 1 N–H and O–H groups in total. The first-order chi connectivity index (χ1) is 16.9. The Morgan fingerprint density at radius 1 is 0.943 bits per heavy atom. The molecular weight excluding hydrogens is 434 g/mol. The summed E-state index contributed by atoms with van der Waals surface area (Å²) in [5, 5.41) is 8.47. The maximum Gasteiger partial charge on any atom is 0.141 e. The number of ether oxygens (including phenoxy) is 1. The molecular formula is C29H39N5O. The third kappa shape index (κ3) is 3.62. The summed E-state index contributed by atoms with van der Waals surface area (Å²) >= 11 is 0. The number of nitrogens with one attached hydrogen (secondary N) is 1. The van der Waals surface area contributed by atoms with Crippen LogP contribution in [0.25, 0.3) is 5.69 Å². The molecule has 0 saturated carbocycles. The van der Waals surface area contributed by atoms with E-state index in [0.717, 1.165) is 31.9 Å². The van der Waals surface area contributed by atoms with E-state index in [0.29, 0.717) is 6.61 Å². The molecule has 3 heterocycles. The Morgan fingerprint density at radius 3 is 2.23 bits per heavy atom. The molecule has 1 fully saturated rings. The summed E-state index contributed by atoms with van der Waals surface area (Å²) in [6.07, 6.45) is 0. The van der Waals surface area contributed by atoms with E-state index in [1.807, 2.05) is 6.92 Å². The van der Waals surface area contributed by atoms with E-state index in [1.165, 1.54) is 33.8 Å². The Labute approximate surface area is 210 Å². The van der Waals surface area contributed by atoms with E-state index >= 15 is 0 Å². The molecule has 1 aromatic heterocycles. The fraction of sp³-hybridized carbons (Fsp3) is 0.448. The van der Waals surface area contributed by atoms with Crippen LogP contribution >= 0.6 is 0 Å². The molecule has 6 nitrogen and oxygen atoms in total. The summed E-state index contributed by atoms with van der Waals surface area (Å²) in [6.45, 7) is 13.6. The number of nitrogens with zero attached hydrogens (tertiary/aromatic N) is 4. The first kappa shape index (κ1) is 24.1. The van der Waals surface area contributed by atoms with Gasteiger partial charge in [0.25, 0.3) is 0 Å². The molecule has 1 saturated heterocycles. The minimum Gasteiger partial charge on any atom is -0.494 e. The number of hydrazine groups is 1. The average molecular weight is 474 g/mol. The molecule has 2 aliphatic heterocycles. The van der Waals surface area contributed by atoms with Gasteiger partial charge in [-0.3, -0.25) is 4.90 Å². The quantitative estimate of drug-likeness (QED) is 0.592. The van der Waals surface area contributed by atoms with Crippen molar-refractivity contribution in [1.82, 2.24) is 24.8 Å². The third-order valence-corrected chi connectivity index (χ3v) is 8.12. The molecule has 0 aliphatic carbocycles. The van der Waals surface area contributed by atoms with Gasteiger partial charge < -0.3 is 14.6 Å². The van der Waals surface area contributed by atoms with E-state index in [-0.39, 0.29) is 11.7 Å². The minimum atomic E-state index is -0.384. The molecule has 186 valence electrons. The highest BCUT2D eigenvalue weighted by Gasteiger charge is 2.53. The zero-order chi connectivity index (χ0) is 24.7. The van der Waals surface area contributed by atoms with Crippen molar-refractivity contribution in [2.75, 3.05) is 46.9 Å². The van der Waals surface area contributed by atoms with Crippen LogP contribution in [0.5, 0.6) is 5.75 Å². The van der Waals surface area contributed by atoms with Gasteiger partial charge in [0, 0.05) is 69.0 Å². The topological polar surface area (TPSA) is 35.9 Å².